The maximum atomic E-state index is 13.1. The van der Waals surface area contributed by atoms with Gasteiger partial charge in [-0.1, -0.05) is 6.07 Å². The van der Waals surface area contributed by atoms with E-state index in [-0.39, 0.29) is 18.3 Å². The van der Waals surface area contributed by atoms with E-state index >= 15 is 0 Å². The molecule has 0 saturated carbocycles. The first-order valence-corrected chi connectivity index (χ1v) is 8.29. The molecule has 1 aromatic carbocycles. The van der Waals surface area contributed by atoms with Gasteiger partial charge in [-0.2, -0.15) is 4.57 Å². The minimum absolute atomic E-state index is 0.0255. The smallest absolute Gasteiger partial charge is 0.262 e. The van der Waals surface area contributed by atoms with Gasteiger partial charge >= 0.3 is 0 Å². The number of nitrogens with zero attached hydrogens (tertiary/aromatic N) is 2. The number of hydrogen-bond donors (Lipinski definition) is 1. The highest BCUT2D eigenvalue weighted by molar-refractivity contribution is 7.77. The summed E-state index contributed by atoms with van der Waals surface area (Å²) >= 11 is 5.37. The van der Waals surface area contributed by atoms with Gasteiger partial charge in [-0.25, -0.2) is 0 Å². The summed E-state index contributed by atoms with van der Waals surface area (Å²) < 4.78 is 7.06. The van der Waals surface area contributed by atoms with Crippen molar-refractivity contribution in [2.75, 3.05) is 18.5 Å². The van der Waals surface area contributed by atoms with E-state index in [1.165, 1.54) is 0 Å². The Morgan fingerprint density at radius 2 is 2.12 bits per heavy atom. The van der Waals surface area contributed by atoms with Crippen LogP contribution in [0.1, 0.15) is 23.3 Å². The van der Waals surface area contributed by atoms with Crippen molar-refractivity contribution < 1.29 is 18.9 Å². The number of aliphatic imine (C=N–C) groups is 1. The molecule has 2 aromatic rings. The molecule has 128 valence electrons. The van der Waals surface area contributed by atoms with Gasteiger partial charge in [-0.15, -0.1) is 0 Å². The zero-order valence-electron chi connectivity index (χ0n) is 13.6. The Morgan fingerprint density at radius 3 is 2.84 bits per heavy atom. The Morgan fingerprint density at radius 1 is 1.36 bits per heavy atom. The van der Waals surface area contributed by atoms with Gasteiger partial charge in [-0.05, 0) is 30.2 Å². The van der Waals surface area contributed by atoms with Crippen LogP contribution in [0.2, 0.25) is 0 Å². The van der Waals surface area contributed by atoms with Crippen LogP contribution in [0.15, 0.2) is 53.8 Å². The van der Waals surface area contributed by atoms with Crippen LogP contribution in [0.25, 0.3) is 0 Å². The van der Waals surface area contributed by atoms with E-state index in [2.05, 4.69) is 10.3 Å². The third-order valence-corrected chi connectivity index (χ3v) is 4.08. The Labute approximate surface area is 151 Å². The second-order valence-electron chi connectivity index (χ2n) is 5.45. The van der Waals surface area contributed by atoms with Crippen molar-refractivity contribution in [2.45, 2.75) is 13.0 Å². The fraction of sp³-hybridized carbons (Fsp3) is 0.222. The van der Waals surface area contributed by atoms with Gasteiger partial charge in [0.05, 0.1) is 5.69 Å². The Hall–Kier alpha value is -2.80. The second kappa shape index (κ2) is 7.40. The number of pyridine rings is 1. The van der Waals surface area contributed by atoms with Gasteiger partial charge in [0.2, 0.25) is 11.8 Å². The predicted molar refractivity (Wildman–Crippen MR) is 95.9 cm³/mol. The minimum atomic E-state index is -0.714. The maximum Gasteiger partial charge on any atom is 0.262 e. The summed E-state index contributed by atoms with van der Waals surface area (Å²) in [7, 11) is 0. The van der Waals surface area contributed by atoms with Crippen LogP contribution in [0.3, 0.4) is 0 Å². The van der Waals surface area contributed by atoms with Crippen molar-refractivity contribution >= 4 is 35.1 Å². The fourth-order valence-electron chi connectivity index (χ4n) is 2.60. The van der Waals surface area contributed by atoms with E-state index in [0.717, 1.165) is 0 Å². The van der Waals surface area contributed by atoms with Crippen LogP contribution in [0.4, 0.5) is 5.69 Å². The maximum absolute atomic E-state index is 13.1. The molecule has 25 heavy (non-hydrogen) atoms. The van der Waals surface area contributed by atoms with Crippen molar-refractivity contribution in [2.24, 2.45) is 4.99 Å². The highest BCUT2D eigenvalue weighted by Crippen LogP contribution is 2.29. The number of rotatable bonds is 5. The van der Waals surface area contributed by atoms with Crippen molar-refractivity contribution in [3.63, 3.8) is 0 Å². The number of ether oxygens (including phenoxy) is 1. The lowest BCUT2D eigenvalue weighted by Gasteiger charge is -2.21. The number of amides is 1. The lowest BCUT2D eigenvalue weighted by Crippen LogP contribution is -2.47. The van der Waals surface area contributed by atoms with Gasteiger partial charge in [0, 0.05) is 24.2 Å². The molecule has 2 heterocycles. The highest BCUT2D eigenvalue weighted by Gasteiger charge is 2.29. The number of nitrogens with one attached hydrogen (secondary N) is 1. The van der Waals surface area contributed by atoms with Gasteiger partial charge < -0.3 is 27.7 Å². The minimum Gasteiger partial charge on any atom is -0.758 e. The zero-order valence-corrected chi connectivity index (χ0v) is 14.5. The van der Waals surface area contributed by atoms with Crippen molar-refractivity contribution in [1.82, 2.24) is 0 Å². The van der Waals surface area contributed by atoms with Crippen molar-refractivity contribution in [1.29, 1.82) is 0 Å². The molecule has 0 saturated heterocycles. The van der Waals surface area contributed by atoms with Crippen LogP contribution in [0, 0.1) is 0 Å². The summed E-state index contributed by atoms with van der Waals surface area (Å²) in [5.74, 6) is 0.101. The molecule has 6 nitrogen and oxygen atoms in total. The predicted octanol–water partition coefficient (Wildman–Crippen LogP) is 1.69. The lowest BCUT2D eigenvalue weighted by atomic mass is 10.0. The number of ketones is 1. The van der Waals surface area contributed by atoms with Gasteiger partial charge in [0.25, 0.3) is 5.91 Å². The molecule has 0 bridgehead atoms. The molecule has 1 aromatic heterocycles. The standard InChI is InChI=1S/C18H17N3O3S/c1-2-19-18(25)16(21-8-4-3-5-9-21)17(23)12-6-7-14-13(10-12)20-15(22)11-24-14/h3-10,16H,2,11H2,1H3,(H-,19,20,22,25). The number of carbonyl (C=O) groups is 2. The number of hydrogen-bond acceptors (Lipinski definition) is 5. The number of aromatic nitrogens is 1. The van der Waals surface area contributed by atoms with E-state index in [0.29, 0.717) is 28.6 Å². The first kappa shape index (κ1) is 17.0. The van der Waals surface area contributed by atoms with E-state index in [9.17, 15) is 9.59 Å². The first-order valence-electron chi connectivity index (χ1n) is 7.88. The van der Waals surface area contributed by atoms with Crippen LogP contribution in [0.5, 0.6) is 5.75 Å². The largest absolute Gasteiger partial charge is 0.758 e. The number of anilines is 1. The number of Topliss-reactive ketones (excluding diaryl/α,β-unsaturated/α-hetero) is 1. The monoisotopic (exact) mass is 355 g/mol. The summed E-state index contributed by atoms with van der Waals surface area (Å²) in [5.41, 5.74) is 0.914. The van der Waals surface area contributed by atoms with Gasteiger partial charge in [0.1, 0.15) is 5.75 Å². The van der Waals surface area contributed by atoms with Crippen LogP contribution in [-0.4, -0.2) is 29.9 Å². The summed E-state index contributed by atoms with van der Waals surface area (Å²) in [6.07, 6.45) is 3.56. The Kier molecular flexibility index (Phi) is 5.04. The molecule has 1 amide bonds. The average Bonchev–Trinajstić information content (AvgIpc) is 2.62. The molecule has 0 aliphatic carbocycles. The third kappa shape index (κ3) is 3.66. The first-order chi connectivity index (χ1) is 12.1. The third-order valence-electron chi connectivity index (χ3n) is 3.73. The van der Waals surface area contributed by atoms with Crippen LogP contribution < -0.4 is 14.6 Å². The van der Waals surface area contributed by atoms with Crippen LogP contribution >= 0.6 is 0 Å². The second-order valence-corrected chi connectivity index (χ2v) is 5.87. The number of carbonyl (C=O) groups excluding carboxylic acids is 2. The molecule has 1 N–H and O–H groups in total. The molecule has 1 aliphatic rings. The fourth-order valence-corrected chi connectivity index (χ4v) is 2.95. The molecule has 0 spiro atoms. The normalized spacial score (nSPS) is 14.9. The number of fused-ring (bicyclic) bond motifs is 1. The zero-order chi connectivity index (χ0) is 17.8. The van der Waals surface area contributed by atoms with E-state index < -0.39 is 6.04 Å². The quantitative estimate of drug-likeness (QED) is 0.291. The van der Waals surface area contributed by atoms with E-state index in [1.807, 2.05) is 25.1 Å². The summed E-state index contributed by atoms with van der Waals surface area (Å²) in [6.45, 7) is 2.35. The summed E-state index contributed by atoms with van der Waals surface area (Å²) in [4.78, 5) is 28.8. The molecular formula is C18H17N3O3S. The highest BCUT2D eigenvalue weighted by atomic mass is 32.1. The van der Waals surface area contributed by atoms with E-state index in [1.54, 1.807) is 35.2 Å². The molecule has 0 fully saturated rings. The lowest BCUT2D eigenvalue weighted by molar-refractivity contribution is -0.691. The average molecular weight is 355 g/mol. The molecule has 7 heteroatoms. The Bertz CT molecular complexity index is 837. The Balaban J connectivity index is 1.99. The van der Waals surface area contributed by atoms with Crippen LogP contribution in [-0.2, 0) is 17.4 Å². The molecule has 1 unspecified atom stereocenters. The van der Waals surface area contributed by atoms with Crippen molar-refractivity contribution in [3.05, 3.63) is 54.4 Å². The number of benzene rings is 1. The molecular weight excluding hydrogens is 338 g/mol. The summed E-state index contributed by atoms with van der Waals surface area (Å²) in [6, 6.07) is 9.77. The van der Waals surface area contributed by atoms with E-state index in [4.69, 9.17) is 17.4 Å². The SMILES string of the molecule is CCN=C([S-])C(C(=O)c1ccc2c(c1)NC(=O)CO2)[n+]1ccccc1. The van der Waals surface area contributed by atoms with Crippen molar-refractivity contribution in [3.8, 4) is 5.75 Å². The molecule has 0 radical (unpaired) electrons. The summed E-state index contributed by atoms with van der Waals surface area (Å²) in [5, 5.41) is 3.03. The molecule has 1 aliphatic heterocycles. The van der Waals surface area contributed by atoms with Gasteiger partial charge in [0.15, 0.2) is 19.0 Å². The molecule has 3 rings (SSSR count). The van der Waals surface area contributed by atoms with Gasteiger partial charge in [-0.3, -0.25) is 9.59 Å². The molecule has 1 atom stereocenters. The topological polar surface area (TPSA) is 71.6 Å².